The molecule has 7 heteroatoms. The maximum Gasteiger partial charge on any atom is 0.224 e. The largest absolute Gasteiger partial charge is 0.363 e. The number of rotatable bonds is 6. The number of nitrogens with zero attached hydrogens (tertiary/aromatic N) is 3. The van der Waals surface area contributed by atoms with Crippen molar-refractivity contribution in [2.24, 2.45) is 0 Å². The lowest BCUT2D eigenvalue weighted by atomic mass is 10.4. The number of aromatic nitrogens is 3. The minimum atomic E-state index is -0.454. The minimum Gasteiger partial charge on any atom is -0.363 e. The summed E-state index contributed by atoms with van der Waals surface area (Å²) < 4.78 is 13.6. The fraction of sp³-hybridized carbons (Fsp3) is 0.417. The molecule has 0 bridgehead atoms. The van der Waals surface area contributed by atoms with E-state index in [1.54, 1.807) is 5.51 Å². The molecule has 0 aliphatic carbocycles. The van der Waals surface area contributed by atoms with E-state index in [0.717, 1.165) is 23.5 Å². The molecule has 0 saturated carbocycles. The number of nitrogens with one attached hydrogen (secondary N) is 2. The Morgan fingerprint density at radius 1 is 1.32 bits per heavy atom. The van der Waals surface area contributed by atoms with Gasteiger partial charge in [-0.2, -0.15) is 4.98 Å². The number of anilines is 2. The van der Waals surface area contributed by atoms with Gasteiger partial charge in [0.25, 0.3) is 0 Å². The molecule has 0 atom stereocenters. The zero-order chi connectivity index (χ0) is 13.7. The van der Waals surface area contributed by atoms with Gasteiger partial charge in [0, 0.05) is 11.4 Å². The second kappa shape index (κ2) is 6.42. The molecule has 2 heterocycles. The molecule has 5 nitrogen and oxygen atoms in total. The Bertz CT molecular complexity index is 543. The van der Waals surface area contributed by atoms with Gasteiger partial charge >= 0.3 is 0 Å². The monoisotopic (exact) mass is 281 g/mol. The first-order valence-electron chi connectivity index (χ1n) is 6.10. The van der Waals surface area contributed by atoms with Crippen LogP contribution in [0.3, 0.4) is 0 Å². The molecule has 0 aromatic carbocycles. The summed E-state index contributed by atoms with van der Waals surface area (Å²) in [6.45, 7) is 5.25. The van der Waals surface area contributed by atoms with Crippen molar-refractivity contribution < 1.29 is 4.39 Å². The van der Waals surface area contributed by atoms with Crippen LogP contribution < -0.4 is 10.6 Å². The molecule has 0 unspecified atom stereocenters. The van der Waals surface area contributed by atoms with Crippen LogP contribution in [-0.2, 0) is 6.54 Å². The lowest BCUT2D eigenvalue weighted by Gasteiger charge is -2.08. The second-order valence-electron chi connectivity index (χ2n) is 4.03. The van der Waals surface area contributed by atoms with Crippen LogP contribution in [0.25, 0.3) is 0 Å². The summed E-state index contributed by atoms with van der Waals surface area (Å²) in [5.74, 6) is 0.192. The van der Waals surface area contributed by atoms with Crippen molar-refractivity contribution in [3.05, 3.63) is 28.1 Å². The molecule has 0 amide bonds. The molecule has 2 aromatic heterocycles. The van der Waals surface area contributed by atoms with E-state index in [1.807, 2.05) is 13.8 Å². The van der Waals surface area contributed by atoms with Crippen molar-refractivity contribution in [3.63, 3.8) is 0 Å². The minimum absolute atomic E-state index is 0.210. The summed E-state index contributed by atoms with van der Waals surface area (Å²) in [4.78, 5) is 13.2. The van der Waals surface area contributed by atoms with E-state index in [2.05, 4.69) is 25.6 Å². The summed E-state index contributed by atoms with van der Waals surface area (Å²) in [7, 11) is 0. The van der Waals surface area contributed by atoms with E-state index >= 15 is 0 Å². The highest BCUT2D eigenvalue weighted by Gasteiger charge is 2.08. The predicted molar refractivity (Wildman–Crippen MR) is 74.9 cm³/mol. The van der Waals surface area contributed by atoms with Gasteiger partial charge in [-0.1, -0.05) is 6.92 Å². The normalized spacial score (nSPS) is 10.5. The first kappa shape index (κ1) is 13.7. The number of aryl methyl sites for hydroxylation is 1. The van der Waals surface area contributed by atoms with E-state index in [-0.39, 0.29) is 5.82 Å². The molecule has 0 aliphatic rings. The van der Waals surface area contributed by atoms with Crippen LogP contribution in [0.1, 0.15) is 23.9 Å². The maximum absolute atomic E-state index is 13.6. The van der Waals surface area contributed by atoms with Crippen molar-refractivity contribution in [1.82, 2.24) is 15.0 Å². The smallest absolute Gasteiger partial charge is 0.224 e. The summed E-state index contributed by atoms with van der Waals surface area (Å²) in [5, 5.41) is 6.01. The van der Waals surface area contributed by atoms with Crippen LogP contribution in [0, 0.1) is 12.7 Å². The third-order valence-electron chi connectivity index (χ3n) is 2.54. The Hall–Kier alpha value is -1.76. The zero-order valence-corrected chi connectivity index (χ0v) is 11.7. The van der Waals surface area contributed by atoms with Crippen molar-refractivity contribution in [2.75, 3.05) is 17.2 Å². The first-order valence-corrected chi connectivity index (χ1v) is 6.98. The highest BCUT2D eigenvalue weighted by Crippen LogP contribution is 2.16. The van der Waals surface area contributed by atoms with Crippen LogP contribution in [0.5, 0.6) is 0 Å². The Balaban J connectivity index is 2.04. The number of hydrogen-bond acceptors (Lipinski definition) is 6. The van der Waals surface area contributed by atoms with Gasteiger partial charge in [0.15, 0.2) is 11.6 Å². The summed E-state index contributed by atoms with van der Waals surface area (Å²) in [6, 6.07) is 0. The van der Waals surface area contributed by atoms with E-state index < -0.39 is 5.82 Å². The lowest BCUT2D eigenvalue weighted by Crippen LogP contribution is -2.09. The van der Waals surface area contributed by atoms with Crippen LogP contribution in [-0.4, -0.2) is 21.5 Å². The molecule has 0 fully saturated rings. The predicted octanol–water partition coefficient (Wildman–Crippen LogP) is 2.81. The molecule has 19 heavy (non-hydrogen) atoms. The number of hydrogen-bond donors (Lipinski definition) is 2. The summed E-state index contributed by atoms with van der Waals surface area (Å²) in [6.07, 6.45) is 2.14. The van der Waals surface area contributed by atoms with Gasteiger partial charge < -0.3 is 10.6 Å². The third-order valence-corrected chi connectivity index (χ3v) is 3.47. The van der Waals surface area contributed by atoms with Crippen LogP contribution in [0.4, 0.5) is 16.2 Å². The maximum atomic E-state index is 13.6. The van der Waals surface area contributed by atoms with Crippen LogP contribution >= 0.6 is 11.3 Å². The highest BCUT2D eigenvalue weighted by molar-refractivity contribution is 7.09. The molecular formula is C12H16FN5S. The van der Waals surface area contributed by atoms with Crippen LogP contribution in [0.15, 0.2) is 11.7 Å². The summed E-state index contributed by atoms with van der Waals surface area (Å²) >= 11 is 1.54. The average molecular weight is 281 g/mol. The van der Waals surface area contributed by atoms with Gasteiger partial charge in [0.05, 0.1) is 23.9 Å². The topological polar surface area (TPSA) is 62.7 Å². The Morgan fingerprint density at radius 3 is 2.84 bits per heavy atom. The molecular weight excluding hydrogens is 265 g/mol. The Kier molecular flexibility index (Phi) is 4.62. The SMILES string of the molecule is CCCNc1ncc(F)c(NCc2scnc2C)n1. The number of thiazole rings is 1. The molecule has 2 N–H and O–H groups in total. The summed E-state index contributed by atoms with van der Waals surface area (Å²) in [5.41, 5.74) is 2.73. The molecule has 0 aliphatic heterocycles. The molecule has 0 spiro atoms. The fourth-order valence-corrected chi connectivity index (χ4v) is 2.19. The number of halogens is 1. The van der Waals surface area contributed by atoms with Crippen molar-refractivity contribution in [2.45, 2.75) is 26.8 Å². The van der Waals surface area contributed by atoms with Gasteiger partial charge in [-0.3, -0.25) is 0 Å². The first-order chi connectivity index (χ1) is 9.20. The third kappa shape index (κ3) is 3.60. The lowest BCUT2D eigenvalue weighted by molar-refractivity contribution is 0.617. The molecule has 0 radical (unpaired) electrons. The van der Waals surface area contributed by atoms with Gasteiger partial charge in [-0.25, -0.2) is 14.4 Å². The Labute approximate surface area is 115 Å². The molecule has 2 aromatic rings. The van der Waals surface area contributed by atoms with Crippen LogP contribution in [0.2, 0.25) is 0 Å². The Morgan fingerprint density at radius 2 is 2.16 bits per heavy atom. The highest BCUT2D eigenvalue weighted by atomic mass is 32.1. The van der Waals surface area contributed by atoms with Crippen molar-refractivity contribution >= 4 is 23.1 Å². The van der Waals surface area contributed by atoms with E-state index in [0.29, 0.717) is 12.5 Å². The van der Waals surface area contributed by atoms with Gasteiger partial charge in [-0.15, -0.1) is 11.3 Å². The molecule has 0 saturated heterocycles. The fourth-order valence-electron chi connectivity index (χ4n) is 1.47. The van der Waals surface area contributed by atoms with E-state index in [9.17, 15) is 4.39 Å². The van der Waals surface area contributed by atoms with Crippen molar-refractivity contribution in [3.8, 4) is 0 Å². The standard InChI is InChI=1S/C12H16FN5S/c1-3-4-14-12-16-5-9(13)11(18-12)15-6-10-8(2)17-7-19-10/h5,7H,3-4,6H2,1-2H3,(H2,14,15,16,18). The molecule has 2 rings (SSSR count). The van der Waals surface area contributed by atoms with Crippen molar-refractivity contribution in [1.29, 1.82) is 0 Å². The van der Waals surface area contributed by atoms with Gasteiger partial charge in [-0.05, 0) is 13.3 Å². The van der Waals surface area contributed by atoms with Gasteiger partial charge in [0.1, 0.15) is 0 Å². The second-order valence-corrected chi connectivity index (χ2v) is 4.97. The quantitative estimate of drug-likeness (QED) is 0.852. The van der Waals surface area contributed by atoms with E-state index in [4.69, 9.17) is 0 Å². The zero-order valence-electron chi connectivity index (χ0n) is 10.9. The molecule has 102 valence electrons. The van der Waals surface area contributed by atoms with E-state index in [1.165, 1.54) is 17.5 Å². The average Bonchev–Trinajstić information content (AvgIpc) is 2.82. The van der Waals surface area contributed by atoms with Gasteiger partial charge in [0.2, 0.25) is 5.95 Å².